The molecule has 30 nitrogen and oxygen atoms in total. The molecule has 31 heteroatoms. The highest BCUT2D eigenvalue weighted by atomic mass is 32.2. The van der Waals surface area contributed by atoms with Gasteiger partial charge in [-0.2, -0.15) is 11.8 Å². The van der Waals surface area contributed by atoms with Crippen LogP contribution in [-0.4, -0.2) is 180 Å². The number of aromatic nitrogens is 4. The lowest BCUT2D eigenvalue weighted by Gasteiger charge is -2.31. The second-order valence-electron chi connectivity index (χ2n) is 21.8. The summed E-state index contributed by atoms with van der Waals surface area (Å²) in [5.74, 6) is -12.0. The Kier molecular flexibility index (Phi) is 28.4. The molecule has 2 aromatic heterocycles. The summed E-state index contributed by atoms with van der Waals surface area (Å²) < 4.78 is 0. The number of hydrogen-bond acceptors (Lipinski definition) is 16. The van der Waals surface area contributed by atoms with Crippen molar-refractivity contribution in [1.82, 2.24) is 67.8 Å². The number of H-pyrrole nitrogens is 2. The highest BCUT2D eigenvalue weighted by molar-refractivity contribution is 7.99. The van der Waals surface area contributed by atoms with Gasteiger partial charge in [-0.3, -0.25) is 52.9 Å². The monoisotopic (exact) mass is 1220 g/mol. The Balaban J connectivity index is 1.70. The first-order valence-corrected chi connectivity index (χ1v) is 29.5. The highest BCUT2D eigenvalue weighted by Gasteiger charge is 2.38. The summed E-state index contributed by atoms with van der Waals surface area (Å²) in [5.41, 5.74) is 18.1. The molecule has 86 heavy (non-hydrogen) atoms. The Morgan fingerprint density at radius 2 is 1.35 bits per heavy atom. The van der Waals surface area contributed by atoms with Gasteiger partial charge in [0.05, 0.1) is 25.1 Å². The average Bonchev–Trinajstić information content (AvgIpc) is 3.43. The number of carboxylic acids is 2. The Hall–Kier alpha value is -8.61. The van der Waals surface area contributed by atoms with Crippen molar-refractivity contribution in [2.24, 2.45) is 39.9 Å². The van der Waals surface area contributed by atoms with Gasteiger partial charge in [0.25, 0.3) is 0 Å². The van der Waals surface area contributed by atoms with E-state index in [-0.39, 0.29) is 74.9 Å². The molecular weight excluding hydrogens is 1140 g/mol. The van der Waals surface area contributed by atoms with Crippen LogP contribution in [0, 0.1) is 17.8 Å². The number of imidazole rings is 2. The molecule has 4 rings (SSSR count). The van der Waals surface area contributed by atoms with Crippen LogP contribution in [0.1, 0.15) is 97.0 Å². The number of rotatable bonds is 30. The van der Waals surface area contributed by atoms with Crippen LogP contribution in [0.2, 0.25) is 0 Å². The third-order valence-electron chi connectivity index (χ3n) is 13.9. The van der Waals surface area contributed by atoms with Gasteiger partial charge in [0.1, 0.15) is 54.4 Å². The van der Waals surface area contributed by atoms with Crippen molar-refractivity contribution in [3.05, 3.63) is 72.3 Å². The van der Waals surface area contributed by atoms with E-state index in [1.165, 1.54) is 25.0 Å². The molecule has 9 amide bonds. The molecular formula is C55H83N17O13S. The van der Waals surface area contributed by atoms with Crippen LogP contribution < -0.4 is 65.1 Å². The number of aromatic amines is 2. The predicted octanol–water partition coefficient (Wildman–Crippen LogP) is -2.65. The zero-order valence-electron chi connectivity index (χ0n) is 49.1. The first-order valence-electron chi connectivity index (χ1n) is 28.3. The Labute approximate surface area is 501 Å². The third kappa shape index (κ3) is 23.4. The van der Waals surface area contributed by atoms with Crippen molar-refractivity contribution in [3.8, 4) is 0 Å². The molecule has 0 aliphatic carbocycles. The van der Waals surface area contributed by atoms with Crippen LogP contribution in [0.5, 0.6) is 0 Å². The largest absolute Gasteiger partial charge is 0.481 e. The molecule has 3 heterocycles. The van der Waals surface area contributed by atoms with E-state index >= 15 is 0 Å². The number of aliphatic carboxylic acids is 2. The normalized spacial score (nSPS) is 19.2. The number of nitrogens with one attached hydrogen (secondary N) is 11. The Bertz CT molecular complexity index is 2780. The van der Waals surface area contributed by atoms with Crippen molar-refractivity contribution in [2.45, 2.75) is 160 Å². The fraction of sp³-hybridized carbons (Fsp3) is 0.564. The van der Waals surface area contributed by atoms with Crippen LogP contribution >= 0.6 is 11.8 Å². The summed E-state index contributed by atoms with van der Waals surface area (Å²) in [6, 6.07) is -5.30. The van der Waals surface area contributed by atoms with Crippen LogP contribution in [0.3, 0.4) is 0 Å². The van der Waals surface area contributed by atoms with Gasteiger partial charge in [0, 0.05) is 55.3 Å². The summed E-state index contributed by atoms with van der Waals surface area (Å²) in [7, 11) is 0. The molecule has 0 radical (unpaired) electrons. The van der Waals surface area contributed by atoms with Crippen molar-refractivity contribution in [2.75, 3.05) is 18.1 Å². The summed E-state index contributed by atoms with van der Waals surface area (Å²) in [6.07, 6.45) is 4.73. The predicted molar refractivity (Wildman–Crippen MR) is 316 cm³/mol. The van der Waals surface area contributed by atoms with Gasteiger partial charge in [-0.1, -0.05) is 78.3 Å². The molecule has 472 valence electrons. The number of guanidine groups is 1. The van der Waals surface area contributed by atoms with Crippen LogP contribution in [0.4, 0.5) is 0 Å². The number of thioether (sulfide) groups is 1. The van der Waals surface area contributed by atoms with Crippen LogP contribution in [0.25, 0.3) is 0 Å². The summed E-state index contributed by atoms with van der Waals surface area (Å²) in [5, 5.41) is 43.2. The van der Waals surface area contributed by atoms with E-state index in [4.69, 9.17) is 17.2 Å². The van der Waals surface area contributed by atoms with Crippen LogP contribution in [-0.2, 0) is 72.0 Å². The number of carboxylic acid groups (broad SMARTS) is 2. The Morgan fingerprint density at radius 3 is 1.93 bits per heavy atom. The minimum atomic E-state index is -1.53. The molecule has 0 bridgehead atoms. The molecule has 0 saturated carbocycles. The molecule has 1 aliphatic heterocycles. The summed E-state index contributed by atoms with van der Waals surface area (Å²) in [4.78, 5) is 170. The number of amides is 9. The van der Waals surface area contributed by atoms with Crippen molar-refractivity contribution < 1.29 is 63.0 Å². The van der Waals surface area contributed by atoms with Gasteiger partial charge < -0.3 is 85.2 Å². The number of aliphatic imine (C=N–C) groups is 1. The number of hydrogen-bond donors (Lipinski definition) is 16. The zero-order valence-corrected chi connectivity index (χ0v) is 49.9. The molecule has 11 atom stereocenters. The fourth-order valence-corrected chi connectivity index (χ4v) is 9.99. The molecule has 1 aromatic carbocycles. The maximum absolute atomic E-state index is 14.8. The number of nitrogens with two attached hydrogens (primary N) is 3. The smallest absolute Gasteiger partial charge is 0.326 e. The highest BCUT2D eigenvalue weighted by Crippen LogP contribution is 2.16. The van der Waals surface area contributed by atoms with Crippen molar-refractivity contribution in [3.63, 3.8) is 0 Å². The fourth-order valence-electron chi connectivity index (χ4n) is 8.95. The van der Waals surface area contributed by atoms with E-state index < -0.39 is 144 Å². The van der Waals surface area contributed by atoms with E-state index in [1.54, 1.807) is 71.9 Å². The van der Waals surface area contributed by atoms with Gasteiger partial charge in [-0.15, -0.1) is 0 Å². The van der Waals surface area contributed by atoms with E-state index in [1.807, 2.05) is 0 Å². The maximum atomic E-state index is 14.8. The van der Waals surface area contributed by atoms with E-state index in [9.17, 15) is 63.0 Å². The average molecular weight is 1220 g/mol. The van der Waals surface area contributed by atoms with Crippen molar-refractivity contribution >= 4 is 82.8 Å². The van der Waals surface area contributed by atoms with E-state index in [2.05, 4.69) is 72.8 Å². The number of carbonyl (C=O) groups is 11. The lowest BCUT2D eigenvalue weighted by Crippen LogP contribution is -2.62. The van der Waals surface area contributed by atoms with Crippen LogP contribution in [0.15, 0.2) is 60.4 Å². The Morgan fingerprint density at radius 1 is 0.733 bits per heavy atom. The number of carbonyl (C=O) groups excluding carboxylic acids is 9. The van der Waals surface area contributed by atoms with Gasteiger partial charge in [0.15, 0.2) is 5.96 Å². The third-order valence-corrected chi connectivity index (χ3v) is 15.0. The van der Waals surface area contributed by atoms with E-state index in [0.29, 0.717) is 23.4 Å². The van der Waals surface area contributed by atoms with Gasteiger partial charge >= 0.3 is 11.9 Å². The zero-order chi connectivity index (χ0) is 63.6. The van der Waals surface area contributed by atoms with Crippen molar-refractivity contribution in [1.29, 1.82) is 0 Å². The summed E-state index contributed by atoms with van der Waals surface area (Å²) >= 11 is 1.08. The first-order chi connectivity index (χ1) is 40.8. The molecule has 3 aromatic rings. The summed E-state index contributed by atoms with van der Waals surface area (Å²) in [6.45, 7) is 10.3. The van der Waals surface area contributed by atoms with Gasteiger partial charge in [0.2, 0.25) is 53.2 Å². The minimum absolute atomic E-state index is 0.0169. The SMILES string of the molecule is CC[C@H](C)[C@@H]1NC(=O)[C@@H](NC(=O)[C@@H](NC(=O)[C@H](CCCN=C(N)N)NC(=O)[C@@H](N)CC(=O)O)C(C)C)CSCC[C@@H](C(=O)N[C@@H](Cc2ccccc2)C(=O)N[C@@H](Cc2cnc[nH]2)C(=O)N[C@@H](CC(C)C)C(=O)O)NC(=O)[C@H](Cc2cnc[nH]2)NC1=O. The molecule has 1 fully saturated rings. The molecule has 19 N–H and O–H groups in total. The second kappa shape index (κ2) is 35.0. The standard InChI is InChI=1S/C55H83N17O13S/c1-7-30(6)44-53(83)68-39(21-33-24-60-27-63-33)49(79)65-36(46(76)66-37(19-31-12-9-8-10-13-31)48(78)67-38(20-32-23-59-26-62-32)50(80)69-40(54(84)85)18-28(2)3)15-17-86-25-41(51(81)72-44)70-52(82)43(29(4)5)71-47(77)35(14-11-16-61-55(57)58)64-45(75)34(56)22-42(73)74/h8-10,12-13,23-24,26-30,34-41,43-44H,7,11,14-22,25,56H2,1-6H3,(H,59,62)(H,60,63)(H,64,75)(H,65,79)(H,66,76)(H,67,78)(H,68,83)(H,69,80)(H,70,82)(H,71,77)(H,72,81)(H,73,74)(H,84,85)(H4,57,58,61)/t30-,34-,35-,36-,37-,38-,39-,40-,41-,43-,44-/m0/s1. The lowest BCUT2D eigenvalue weighted by atomic mass is 9.97. The van der Waals surface area contributed by atoms with Gasteiger partial charge in [-0.05, 0) is 54.8 Å². The van der Waals surface area contributed by atoms with Gasteiger partial charge in [-0.25, -0.2) is 14.8 Å². The molecule has 0 spiro atoms. The topological polar surface area (TPSA) is 484 Å². The lowest BCUT2D eigenvalue weighted by molar-refractivity contribution is -0.143. The first kappa shape index (κ1) is 69.9. The molecule has 0 unspecified atom stereocenters. The number of nitrogens with zero attached hydrogens (tertiary/aromatic N) is 3. The molecule has 1 aliphatic rings. The molecule has 1 saturated heterocycles. The van der Waals surface area contributed by atoms with E-state index in [0.717, 1.165) is 11.8 Å². The minimum Gasteiger partial charge on any atom is -0.481 e. The maximum Gasteiger partial charge on any atom is 0.326 e. The quantitative estimate of drug-likeness (QED) is 0.0184. The second-order valence-corrected chi connectivity index (χ2v) is 22.9. The number of benzene rings is 1.